The molecular formula is C28H25N3O3S. The maximum Gasteiger partial charge on any atom is 0.339 e. The first-order valence-corrected chi connectivity index (χ1v) is 12.4. The van der Waals surface area contributed by atoms with E-state index in [-0.39, 0.29) is 11.8 Å². The van der Waals surface area contributed by atoms with Crippen molar-refractivity contribution in [2.24, 2.45) is 5.92 Å². The molecule has 0 aliphatic carbocycles. The van der Waals surface area contributed by atoms with Gasteiger partial charge in [-0.1, -0.05) is 66.7 Å². The lowest BCUT2D eigenvalue weighted by Gasteiger charge is -2.49. The zero-order chi connectivity index (χ0) is 24.3. The van der Waals surface area contributed by atoms with Gasteiger partial charge in [-0.25, -0.2) is 9.47 Å². The quantitative estimate of drug-likeness (QED) is 0.436. The molecule has 0 saturated carbocycles. The second-order valence-corrected chi connectivity index (χ2v) is 10.2. The number of benzene rings is 3. The van der Waals surface area contributed by atoms with Gasteiger partial charge in [0, 0.05) is 18.2 Å². The highest BCUT2D eigenvalue weighted by atomic mass is 32.1. The predicted octanol–water partition coefficient (Wildman–Crippen LogP) is 4.49. The van der Waals surface area contributed by atoms with Crippen LogP contribution in [0.2, 0.25) is 0 Å². The predicted molar refractivity (Wildman–Crippen MR) is 135 cm³/mol. The van der Waals surface area contributed by atoms with E-state index in [1.54, 1.807) is 4.57 Å². The topological polar surface area (TPSA) is 68.5 Å². The van der Waals surface area contributed by atoms with Crippen LogP contribution in [0.3, 0.4) is 0 Å². The fourth-order valence-corrected chi connectivity index (χ4v) is 6.50. The zero-order valence-corrected chi connectivity index (χ0v) is 20.5. The van der Waals surface area contributed by atoms with Crippen molar-refractivity contribution < 1.29 is 19.2 Å². The average Bonchev–Trinajstić information content (AvgIpc) is 3.20. The Bertz CT molecular complexity index is 1450. The van der Waals surface area contributed by atoms with Crippen LogP contribution >= 0.6 is 11.3 Å². The Morgan fingerprint density at radius 1 is 1.06 bits per heavy atom. The van der Waals surface area contributed by atoms with Gasteiger partial charge in [-0.15, -0.1) is 0 Å². The summed E-state index contributed by atoms with van der Waals surface area (Å²) in [6.07, 6.45) is 0. The van der Waals surface area contributed by atoms with Crippen LogP contribution in [0.1, 0.15) is 24.1 Å². The van der Waals surface area contributed by atoms with Crippen molar-refractivity contribution in [3.05, 3.63) is 90.0 Å². The number of rotatable bonds is 3. The number of aromatic nitrogens is 1. The fourth-order valence-electron chi connectivity index (χ4n) is 5.27. The Morgan fingerprint density at radius 3 is 2.51 bits per heavy atom. The first kappa shape index (κ1) is 21.7. The van der Waals surface area contributed by atoms with E-state index in [1.165, 1.54) is 11.3 Å². The van der Waals surface area contributed by atoms with Crippen LogP contribution in [0.25, 0.3) is 10.4 Å². The summed E-state index contributed by atoms with van der Waals surface area (Å²) in [5.74, 6) is -0.249. The number of hydrogen-bond donors (Lipinski definition) is 1. The van der Waals surface area contributed by atoms with E-state index in [1.807, 2.05) is 105 Å². The Morgan fingerprint density at radius 2 is 1.74 bits per heavy atom. The largest absolute Gasteiger partial charge is 0.841 e. The maximum absolute atomic E-state index is 14.0. The molecule has 6 nitrogen and oxygen atoms in total. The van der Waals surface area contributed by atoms with Gasteiger partial charge in [-0.3, -0.25) is 4.79 Å². The lowest BCUT2D eigenvalue weighted by Crippen LogP contribution is -2.71. The Hall–Kier alpha value is -3.84. The smallest absolute Gasteiger partial charge is 0.339 e. The van der Waals surface area contributed by atoms with Crippen molar-refractivity contribution in [2.45, 2.75) is 25.6 Å². The molecular weight excluding hydrogens is 458 g/mol. The second kappa shape index (κ2) is 7.85. The van der Waals surface area contributed by atoms with Crippen LogP contribution in [-0.2, 0) is 4.79 Å². The highest BCUT2D eigenvalue weighted by molar-refractivity contribution is 7.18. The standard InChI is InChI=1S/C28H25N3O3S/c1-17-11-7-9-15-20(17)29-25(32)22-23-19-14-8-10-16-21(19)34-28(22,2)30(3)27-31(23)26(33)24(35-27)18-12-5-4-6-13-18/h4-16,22-23H,1-3H3,(H-,29,32,33). The van der Waals surface area contributed by atoms with Crippen LogP contribution in [0.5, 0.6) is 11.6 Å². The Labute approximate surface area is 208 Å². The van der Waals surface area contributed by atoms with Gasteiger partial charge in [0.05, 0.1) is 17.8 Å². The van der Waals surface area contributed by atoms with E-state index >= 15 is 0 Å². The minimum Gasteiger partial charge on any atom is -0.841 e. The minimum absolute atomic E-state index is 0.0968. The van der Waals surface area contributed by atoms with Crippen LogP contribution < -0.4 is 24.6 Å². The summed E-state index contributed by atoms with van der Waals surface area (Å²) in [4.78, 5) is 16.6. The number of para-hydroxylation sites is 2. The number of nitrogens with zero attached hydrogens (tertiary/aromatic N) is 2. The van der Waals surface area contributed by atoms with Crippen molar-refractivity contribution in [2.75, 3.05) is 17.3 Å². The van der Waals surface area contributed by atoms with Crippen LogP contribution in [0, 0.1) is 12.8 Å². The lowest BCUT2D eigenvalue weighted by molar-refractivity contribution is -0.747. The van der Waals surface area contributed by atoms with Gasteiger partial charge >= 0.3 is 5.13 Å². The Kier molecular flexibility index (Phi) is 4.86. The molecule has 7 heteroatoms. The molecule has 0 saturated heterocycles. The van der Waals surface area contributed by atoms with E-state index in [4.69, 9.17) is 4.74 Å². The lowest BCUT2D eigenvalue weighted by atomic mass is 9.79. The highest BCUT2D eigenvalue weighted by Gasteiger charge is 2.64. The number of nitrogens with one attached hydrogen (secondary N) is 1. The van der Waals surface area contributed by atoms with Gasteiger partial charge in [0.15, 0.2) is 5.92 Å². The molecule has 2 bridgehead atoms. The van der Waals surface area contributed by atoms with E-state index in [9.17, 15) is 9.90 Å². The van der Waals surface area contributed by atoms with Crippen molar-refractivity contribution in [3.63, 3.8) is 0 Å². The van der Waals surface area contributed by atoms with Gasteiger partial charge in [-0.2, -0.15) is 0 Å². The van der Waals surface area contributed by atoms with E-state index in [0.29, 0.717) is 10.6 Å². The maximum atomic E-state index is 14.0. The van der Waals surface area contributed by atoms with Gasteiger partial charge in [-0.05, 0) is 41.5 Å². The molecule has 35 heavy (non-hydrogen) atoms. The number of thiazole rings is 1. The summed E-state index contributed by atoms with van der Waals surface area (Å²) in [5, 5.41) is 17.8. The highest BCUT2D eigenvalue weighted by Crippen LogP contribution is 2.53. The number of carbonyl (C=O) groups is 1. The zero-order valence-electron chi connectivity index (χ0n) is 19.7. The number of amides is 1. The van der Waals surface area contributed by atoms with E-state index in [0.717, 1.165) is 27.5 Å². The van der Waals surface area contributed by atoms with Gasteiger partial charge in [0.1, 0.15) is 11.8 Å². The molecule has 4 aromatic rings. The number of ether oxygens (including phenoxy) is 1. The van der Waals surface area contributed by atoms with Crippen molar-refractivity contribution in [3.8, 4) is 22.1 Å². The molecule has 6 rings (SSSR count). The summed E-state index contributed by atoms with van der Waals surface area (Å²) >= 11 is 1.44. The summed E-state index contributed by atoms with van der Waals surface area (Å²) in [5.41, 5.74) is 2.44. The number of anilines is 2. The summed E-state index contributed by atoms with van der Waals surface area (Å²) in [6, 6.07) is 24.6. The molecule has 3 aromatic carbocycles. The van der Waals surface area contributed by atoms with Crippen molar-refractivity contribution >= 4 is 28.1 Å². The summed E-state index contributed by atoms with van der Waals surface area (Å²) in [6.45, 7) is 3.90. The summed E-state index contributed by atoms with van der Waals surface area (Å²) in [7, 11) is 1.90. The fraction of sp³-hybridized carbons (Fsp3) is 0.214. The van der Waals surface area contributed by atoms with E-state index in [2.05, 4.69) is 5.32 Å². The third-order valence-electron chi connectivity index (χ3n) is 7.21. The molecule has 0 radical (unpaired) electrons. The SMILES string of the molecule is Cc1ccccc1NC(=O)C1C2c3ccccc3OC1(C)N(C)c1sc(-c3ccccc3)c([O-])[n+]12. The molecule has 176 valence electrons. The Balaban J connectivity index is 1.55. The average molecular weight is 484 g/mol. The van der Waals surface area contributed by atoms with Crippen molar-refractivity contribution in [1.29, 1.82) is 0 Å². The molecule has 1 N–H and O–H groups in total. The van der Waals surface area contributed by atoms with E-state index < -0.39 is 17.7 Å². The number of hydrogen-bond acceptors (Lipinski definition) is 5. The van der Waals surface area contributed by atoms with Gasteiger partial charge in [0.25, 0.3) is 5.72 Å². The van der Waals surface area contributed by atoms with Crippen LogP contribution in [-0.4, -0.2) is 18.7 Å². The van der Waals surface area contributed by atoms with Gasteiger partial charge < -0.3 is 15.2 Å². The molecule has 1 aromatic heterocycles. The van der Waals surface area contributed by atoms with Gasteiger partial charge in [0.2, 0.25) is 5.91 Å². The number of fused-ring (bicyclic) bond motifs is 6. The second-order valence-electron chi connectivity index (χ2n) is 9.24. The van der Waals surface area contributed by atoms with Crippen LogP contribution in [0.15, 0.2) is 78.9 Å². The third-order valence-corrected chi connectivity index (χ3v) is 8.48. The first-order valence-electron chi connectivity index (χ1n) is 11.6. The molecule has 2 aliphatic heterocycles. The molecule has 3 atom stereocenters. The molecule has 0 fully saturated rings. The first-order chi connectivity index (χ1) is 16.9. The van der Waals surface area contributed by atoms with Crippen molar-refractivity contribution in [1.82, 2.24) is 0 Å². The minimum atomic E-state index is -0.989. The monoisotopic (exact) mass is 483 g/mol. The number of carbonyl (C=O) groups excluding carboxylic acids is 1. The molecule has 0 spiro atoms. The third kappa shape index (κ3) is 3.15. The molecule has 2 aliphatic rings. The number of aryl methyl sites for hydroxylation is 1. The normalized spacial score (nSPS) is 22.1. The van der Waals surface area contributed by atoms with Crippen LogP contribution in [0.4, 0.5) is 10.8 Å². The molecule has 3 heterocycles. The molecule has 3 unspecified atom stereocenters. The molecule has 1 amide bonds. The summed E-state index contributed by atoms with van der Waals surface area (Å²) < 4.78 is 8.36.